The zero-order valence-corrected chi connectivity index (χ0v) is 36.2. The number of hydrogen-bond donors (Lipinski definition) is 0. The number of ketones is 3. The van der Waals surface area contributed by atoms with Crippen LogP contribution < -0.4 is 15.3 Å². The van der Waals surface area contributed by atoms with Gasteiger partial charge in [0, 0.05) is 39.6 Å². The fourth-order valence-electron chi connectivity index (χ4n) is 3.67. The molecule has 0 amide bonds. The SMILES string of the molecule is CCCCOCC(=O)C(C)(OCCCC)C(=O)[O-].CCCCOCC(=O)C(C)(OCCCC)C(=O)[O-].CCCCOCC(=O)C(C)(OCCCC)C(=O)[O-].[Al+3]. The topological polar surface area (TPSA) is 227 Å². The number of hydrogen-bond acceptors (Lipinski definition) is 15. The summed E-state index contributed by atoms with van der Waals surface area (Å²) in [4.78, 5) is 68.5. The number of carboxylic acid groups (broad SMARTS) is 3. The molecule has 55 heavy (non-hydrogen) atoms. The average Bonchev–Trinajstić information content (AvgIpc) is 3.13. The van der Waals surface area contributed by atoms with E-state index < -0.39 is 52.1 Å². The molecule has 0 spiro atoms. The van der Waals surface area contributed by atoms with Gasteiger partial charge >= 0.3 is 17.4 Å². The zero-order chi connectivity index (χ0) is 42.1. The van der Waals surface area contributed by atoms with Crippen molar-refractivity contribution in [1.29, 1.82) is 0 Å². The summed E-state index contributed by atoms with van der Waals surface area (Å²) in [5, 5.41) is 33.1. The normalized spacial score (nSPS) is 13.9. The third kappa shape index (κ3) is 26.3. The van der Waals surface area contributed by atoms with E-state index in [9.17, 15) is 44.1 Å². The van der Waals surface area contributed by atoms with Crippen molar-refractivity contribution in [3.63, 3.8) is 0 Å². The molecule has 0 aliphatic carbocycles. The monoisotopic (exact) mass is 804 g/mol. The van der Waals surface area contributed by atoms with Crippen molar-refractivity contribution in [1.82, 2.24) is 0 Å². The minimum absolute atomic E-state index is 0. The number of unbranched alkanes of at least 4 members (excludes halogenated alkanes) is 6. The van der Waals surface area contributed by atoms with E-state index in [1.807, 2.05) is 41.5 Å². The van der Waals surface area contributed by atoms with Gasteiger partial charge in [0.15, 0.2) is 34.2 Å². The predicted molar refractivity (Wildman–Crippen MR) is 201 cm³/mol. The number of carboxylic acids is 3. The molecule has 0 aliphatic heterocycles. The minimum atomic E-state index is -1.90. The van der Waals surface area contributed by atoms with Crippen LogP contribution in [0.5, 0.6) is 0 Å². The van der Waals surface area contributed by atoms with E-state index in [0.717, 1.165) is 57.8 Å². The molecule has 0 heterocycles. The Morgan fingerprint density at radius 1 is 0.382 bits per heavy atom. The molecule has 0 aromatic heterocycles. The first-order chi connectivity index (χ1) is 25.5. The van der Waals surface area contributed by atoms with Gasteiger partial charge in [0.25, 0.3) is 0 Å². The Morgan fingerprint density at radius 2 is 0.564 bits per heavy atom. The Hall–Kier alpha value is -2.29. The van der Waals surface area contributed by atoms with Gasteiger partial charge in [-0.3, -0.25) is 14.4 Å². The molecule has 0 saturated heterocycles. The third-order valence-corrected chi connectivity index (χ3v) is 8.06. The molecule has 0 fully saturated rings. The first-order valence-corrected chi connectivity index (χ1v) is 19.4. The molecule has 318 valence electrons. The van der Waals surface area contributed by atoms with Crippen LogP contribution in [0.25, 0.3) is 0 Å². The Kier molecular flexibility index (Phi) is 39.0. The van der Waals surface area contributed by atoms with Gasteiger partial charge < -0.3 is 58.1 Å². The molecular weight excluding hydrogens is 735 g/mol. The Morgan fingerprint density at radius 3 is 0.727 bits per heavy atom. The zero-order valence-electron chi connectivity index (χ0n) is 35.1. The van der Waals surface area contributed by atoms with Crippen LogP contribution in [0.1, 0.15) is 139 Å². The van der Waals surface area contributed by atoms with Gasteiger partial charge in [-0.25, -0.2) is 0 Å². The van der Waals surface area contributed by atoms with Crippen molar-refractivity contribution in [2.75, 3.05) is 59.5 Å². The van der Waals surface area contributed by atoms with Crippen LogP contribution in [0.15, 0.2) is 0 Å². The number of Topliss-reactive ketones (excluding diaryl/α,β-unsaturated/α-hetero) is 3. The number of ether oxygens (including phenoxy) is 6. The molecule has 0 radical (unpaired) electrons. The third-order valence-electron chi connectivity index (χ3n) is 8.06. The smallest absolute Gasteiger partial charge is 0.547 e. The second-order valence-electron chi connectivity index (χ2n) is 13.1. The first-order valence-electron chi connectivity index (χ1n) is 19.4. The van der Waals surface area contributed by atoms with Crippen LogP contribution in [0, 0.1) is 0 Å². The van der Waals surface area contributed by atoms with Gasteiger partial charge in [0.1, 0.15) is 19.8 Å². The van der Waals surface area contributed by atoms with E-state index in [0.29, 0.717) is 39.1 Å². The predicted octanol–water partition coefficient (Wildman–Crippen LogP) is 1.71. The van der Waals surface area contributed by atoms with Gasteiger partial charge in [-0.2, -0.15) is 0 Å². The molecule has 0 aliphatic rings. The molecule has 0 aromatic carbocycles. The van der Waals surface area contributed by atoms with Crippen molar-refractivity contribution in [3.8, 4) is 0 Å². The number of carbonyl (C=O) groups excluding carboxylic acids is 6. The molecule has 0 saturated carbocycles. The summed E-state index contributed by atoms with van der Waals surface area (Å²) in [6.45, 7) is 16.8. The molecule has 0 bridgehead atoms. The summed E-state index contributed by atoms with van der Waals surface area (Å²) >= 11 is 0. The molecular formula is C39H69AlO15. The Balaban J connectivity index is -0.000000351. The summed E-state index contributed by atoms with van der Waals surface area (Å²) in [6.07, 6.45) is 10.1. The van der Waals surface area contributed by atoms with E-state index in [-0.39, 0.29) is 57.0 Å². The molecule has 0 aromatic rings. The Labute approximate surface area is 340 Å². The van der Waals surface area contributed by atoms with E-state index in [2.05, 4.69) is 0 Å². The van der Waals surface area contributed by atoms with Crippen LogP contribution in [0.4, 0.5) is 0 Å². The summed E-state index contributed by atoms with van der Waals surface area (Å²) in [7, 11) is 0. The van der Waals surface area contributed by atoms with Crippen molar-refractivity contribution < 1.29 is 72.5 Å². The van der Waals surface area contributed by atoms with Crippen LogP contribution >= 0.6 is 0 Å². The maximum atomic E-state index is 11.8. The summed E-state index contributed by atoms with van der Waals surface area (Å²) in [5.41, 5.74) is -5.70. The minimum Gasteiger partial charge on any atom is -0.547 e. The number of aliphatic carboxylic acids is 3. The van der Waals surface area contributed by atoms with E-state index in [1.54, 1.807) is 0 Å². The second-order valence-corrected chi connectivity index (χ2v) is 13.1. The van der Waals surface area contributed by atoms with Crippen molar-refractivity contribution >= 4 is 52.6 Å². The summed E-state index contributed by atoms with van der Waals surface area (Å²) < 4.78 is 30.8. The van der Waals surface area contributed by atoms with Gasteiger partial charge in [-0.05, 0) is 59.3 Å². The molecule has 3 atom stereocenters. The second kappa shape index (κ2) is 36.1. The fourth-order valence-corrected chi connectivity index (χ4v) is 3.67. The maximum Gasteiger partial charge on any atom is 3.00 e. The molecule has 16 heteroatoms. The van der Waals surface area contributed by atoms with Crippen molar-refractivity contribution in [2.24, 2.45) is 0 Å². The van der Waals surface area contributed by atoms with Gasteiger partial charge in [0.2, 0.25) is 0 Å². The van der Waals surface area contributed by atoms with Crippen LogP contribution in [-0.4, -0.2) is 129 Å². The number of rotatable bonds is 33. The van der Waals surface area contributed by atoms with Crippen molar-refractivity contribution in [2.45, 2.75) is 156 Å². The first kappa shape index (κ1) is 59.4. The molecule has 0 N–H and O–H groups in total. The Bertz CT molecular complexity index is 928. The van der Waals surface area contributed by atoms with Crippen molar-refractivity contribution in [3.05, 3.63) is 0 Å². The van der Waals surface area contributed by atoms with Gasteiger partial charge in [-0.15, -0.1) is 0 Å². The van der Waals surface area contributed by atoms with Crippen LogP contribution in [-0.2, 0) is 57.2 Å². The molecule has 3 unspecified atom stereocenters. The van der Waals surface area contributed by atoms with E-state index >= 15 is 0 Å². The van der Waals surface area contributed by atoms with Crippen LogP contribution in [0.3, 0.4) is 0 Å². The number of carbonyl (C=O) groups is 6. The van der Waals surface area contributed by atoms with Gasteiger partial charge in [-0.1, -0.05) is 80.1 Å². The average molecular weight is 805 g/mol. The summed E-state index contributed by atoms with van der Waals surface area (Å²) in [5.74, 6) is -6.34. The fraction of sp³-hybridized carbons (Fsp3) is 0.846. The largest absolute Gasteiger partial charge is 3.00 e. The molecule has 15 nitrogen and oxygen atoms in total. The maximum absolute atomic E-state index is 11.8. The van der Waals surface area contributed by atoms with Gasteiger partial charge in [0.05, 0.1) is 17.9 Å². The molecule has 0 rings (SSSR count). The standard InChI is InChI=1S/3C13H24O5.Al/c3*1-4-6-8-17-10-11(14)13(3,12(15)16)18-9-7-5-2;/h3*4-10H2,1-3H3,(H,15,16);/q;;;+3/p-3. The quantitative estimate of drug-likeness (QED) is 0.0523. The van der Waals surface area contributed by atoms with E-state index in [1.165, 1.54) is 20.8 Å². The van der Waals surface area contributed by atoms with Crippen LogP contribution in [0.2, 0.25) is 0 Å². The summed E-state index contributed by atoms with van der Waals surface area (Å²) in [6, 6.07) is 0. The van der Waals surface area contributed by atoms with E-state index in [4.69, 9.17) is 28.4 Å².